The van der Waals surface area contributed by atoms with Crippen LogP contribution in [0.1, 0.15) is 82.0 Å². The van der Waals surface area contributed by atoms with Crippen LogP contribution in [0.25, 0.3) is 5.57 Å². The van der Waals surface area contributed by atoms with Crippen molar-refractivity contribution in [2.24, 2.45) is 5.92 Å². The van der Waals surface area contributed by atoms with E-state index in [4.69, 9.17) is 4.74 Å². The first-order chi connectivity index (χ1) is 16.7. The fourth-order valence-corrected chi connectivity index (χ4v) is 5.16. The van der Waals surface area contributed by atoms with Crippen LogP contribution < -0.4 is 10.0 Å². The Kier molecular flexibility index (Phi) is 8.65. The second kappa shape index (κ2) is 11.0. The highest BCUT2D eigenvalue weighted by Gasteiger charge is 2.31. The molecule has 1 aromatic heterocycles. The summed E-state index contributed by atoms with van der Waals surface area (Å²) in [4.78, 5) is 31.1. The average molecular weight is 536 g/mol. The van der Waals surface area contributed by atoms with Crippen LogP contribution in [0.3, 0.4) is 0 Å². The number of rotatable bonds is 6. The molecule has 2 N–H and O–H groups in total. The summed E-state index contributed by atoms with van der Waals surface area (Å²) in [5.41, 5.74) is 1.14. The Labute approximate surface area is 219 Å². The van der Waals surface area contributed by atoms with Crippen LogP contribution >= 0.6 is 11.3 Å². The van der Waals surface area contributed by atoms with E-state index in [1.807, 2.05) is 27.7 Å². The molecule has 0 bridgehead atoms. The second-order valence-corrected chi connectivity index (χ2v) is 13.6. The molecule has 1 unspecified atom stereocenters. The first-order valence-corrected chi connectivity index (χ1v) is 13.9. The molecule has 7 nitrogen and oxygen atoms in total. The summed E-state index contributed by atoms with van der Waals surface area (Å²) in [6.07, 6.45) is 2.00. The largest absolute Gasteiger partial charge is 0.598 e. The highest BCUT2D eigenvalue weighted by atomic mass is 32.2. The summed E-state index contributed by atoms with van der Waals surface area (Å²) >= 11 is -0.133. The van der Waals surface area contributed by atoms with E-state index in [9.17, 15) is 18.5 Å². The summed E-state index contributed by atoms with van der Waals surface area (Å²) < 4.78 is 34.6. The number of carbonyl (C=O) groups is 2. The van der Waals surface area contributed by atoms with Crippen LogP contribution in [0.15, 0.2) is 29.7 Å². The van der Waals surface area contributed by atoms with Gasteiger partial charge in [0.2, 0.25) is 5.78 Å². The second-order valence-electron chi connectivity index (χ2n) is 10.8. The lowest BCUT2D eigenvalue weighted by Crippen LogP contribution is -2.40. The number of carbonyl (C=O) groups excluding carboxylic acids is 2. The van der Waals surface area contributed by atoms with Gasteiger partial charge in [-0.2, -0.15) is 0 Å². The van der Waals surface area contributed by atoms with E-state index < -0.39 is 39.4 Å². The van der Waals surface area contributed by atoms with E-state index in [1.165, 1.54) is 29.5 Å². The van der Waals surface area contributed by atoms with Crippen molar-refractivity contribution in [1.29, 1.82) is 0 Å². The maximum absolute atomic E-state index is 14.0. The molecule has 1 aromatic carbocycles. The van der Waals surface area contributed by atoms with Crippen molar-refractivity contribution < 1.29 is 23.3 Å². The number of esters is 1. The minimum Gasteiger partial charge on any atom is -0.598 e. The minimum atomic E-state index is -1.31. The number of benzene rings is 1. The topological polar surface area (TPSA) is 103 Å². The average Bonchev–Trinajstić information content (AvgIpc) is 3.23. The summed E-state index contributed by atoms with van der Waals surface area (Å²) in [5, 5.41) is 5.13. The van der Waals surface area contributed by atoms with Crippen LogP contribution in [-0.4, -0.2) is 38.2 Å². The first kappa shape index (κ1) is 28.3. The van der Waals surface area contributed by atoms with Gasteiger partial charge in [0.05, 0.1) is 17.7 Å². The predicted molar refractivity (Wildman–Crippen MR) is 143 cm³/mol. The number of Topliss-reactive ketones (excluding diaryl/α,β-unsaturated/α-hetero) is 1. The van der Waals surface area contributed by atoms with Crippen molar-refractivity contribution in [3.05, 3.63) is 51.7 Å². The van der Waals surface area contributed by atoms with Gasteiger partial charge in [-0.25, -0.2) is 9.37 Å². The van der Waals surface area contributed by atoms with E-state index in [1.54, 1.807) is 32.2 Å². The molecule has 3 rings (SSSR count). The Bertz CT molecular complexity index is 1150. The highest BCUT2D eigenvalue weighted by Crippen LogP contribution is 2.33. The molecule has 0 radical (unpaired) electrons. The van der Waals surface area contributed by atoms with Crippen molar-refractivity contribution in [2.75, 3.05) is 11.9 Å². The van der Waals surface area contributed by atoms with Crippen LogP contribution in [0.4, 0.5) is 10.1 Å². The molecule has 2 aromatic rings. The van der Waals surface area contributed by atoms with Crippen LogP contribution in [-0.2, 0) is 20.9 Å². The van der Waals surface area contributed by atoms with Gasteiger partial charge in [-0.1, -0.05) is 6.08 Å². The molecule has 0 fully saturated rings. The molecule has 10 heteroatoms. The van der Waals surface area contributed by atoms with E-state index in [2.05, 4.69) is 15.0 Å². The number of anilines is 1. The fourth-order valence-electron chi connectivity index (χ4n) is 3.50. The maximum Gasteiger partial charge on any atom is 0.313 e. The lowest BCUT2D eigenvalue weighted by Gasteiger charge is -2.25. The molecule has 0 amide bonds. The normalized spacial score (nSPS) is 19.6. The van der Waals surface area contributed by atoms with Gasteiger partial charge in [-0.15, -0.1) is 16.1 Å². The summed E-state index contributed by atoms with van der Waals surface area (Å²) in [6, 6.07) is 3.81. The van der Waals surface area contributed by atoms with E-state index in [-0.39, 0.29) is 22.4 Å². The standard InChI is InChI=1S/C26H34FN3O4S2/c1-15(30-36(33)26(5,6)7)21-14-35-23(29-21)22(31)19-12-16(24(32)34-25(2,3)4)10-11-28-20-13-17(27)8-9-18(19)20/h8-9,12-16,28,30H,10-11H2,1-7H3/b19-12+/t15-,16?,36-/m0/s1. The van der Waals surface area contributed by atoms with Crippen LogP contribution in [0.5, 0.6) is 0 Å². The van der Waals surface area contributed by atoms with Gasteiger partial charge >= 0.3 is 5.97 Å². The number of halogens is 1. The molecular formula is C26H34FN3O4S2. The van der Waals surface area contributed by atoms with Crippen molar-refractivity contribution in [3.63, 3.8) is 0 Å². The number of ketones is 1. The minimum absolute atomic E-state index is 0.227. The SMILES string of the molecule is C[C@H](N[S@@+]([O-])C(C)(C)C)c1csc(C(=O)/C2=C/C(C(=O)OC(C)(C)C)CCNc3cc(F)ccc32)n1. The molecule has 2 heterocycles. The Hall–Kier alpha value is -2.27. The van der Waals surface area contributed by atoms with E-state index >= 15 is 0 Å². The maximum atomic E-state index is 14.0. The monoisotopic (exact) mass is 535 g/mol. The third kappa shape index (κ3) is 7.15. The molecule has 1 aliphatic rings. The van der Waals surface area contributed by atoms with Crippen molar-refractivity contribution in [3.8, 4) is 0 Å². The van der Waals surface area contributed by atoms with Crippen molar-refractivity contribution >= 4 is 45.7 Å². The number of aromatic nitrogens is 1. The smallest absolute Gasteiger partial charge is 0.313 e. The van der Waals surface area contributed by atoms with Crippen molar-refractivity contribution in [1.82, 2.24) is 9.71 Å². The number of nitrogens with one attached hydrogen (secondary N) is 2. The number of nitrogens with zero attached hydrogens (tertiary/aromatic N) is 1. The molecule has 3 atom stereocenters. The molecule has 0 aliphatic carbocycles. The molecule has 196 valence electrons. The Morgan fingerprint density at radius 1 is 1.28 bits per heavy atom. The van der Waals surface area contributed by atoms with Gasteiger partial charge in [0, 0.05) is 40.1 Å². The van der Waals surface area contributed by atoms with Gasteiger partial charge in [-0.05, 0) is 73.1 Å². The van der Waals surface area contributed by atoms with Crippen LogP contribution in [0, 0.1) is 11.7 Å². The van der Waals surface area contributed by atoms with Gasteiger partial charge in [0.15, 0.2) is 5.01 Å². The summed E-state index contributed by atoms with van der Waals surface area (Å²) in [5.74, 6) is -1.90. The van der Waals surface area contributed by atoms with E-state index in [0.717, 1.165) is 0 Å². The van der Waals surface area contributed by atoms with Gasteiger partial charge in [-0.3, -0.25) is 9.59 Å². The predicted octanol–water partition coefficient (Wildman–Crippen LogP) is 5.43. The Morgan fingerprint density at radius 2 is 1.97 bits per heavy atom. The zero-order valence-corrected chi connectivity index (χ0v) is 23.4. The van der Waals surface area contributed by atoms with Gasteiger partial charge in [0.25, 0.3) is 0 Å². The van der Waals surface area contributed by atoms with Crippen LogP contribution in [0.2, 0.25) is 0 Å². The van der Waals surface area contributed by atoms with Crippen molar-refractivity contribution in [2.45, 2.75) is 71.3 Å². The lowest BCUT2D eigenvalue weighted by atomic mass is 9.91. The molecule has 0 saturated heterocycles. The lowest BCUT2D eigenvalue weighted by molar-refractivity contribution is -0.158. The third-order valence-electron chi connectivity index (χ3n) is 5.36. The zero-order chi connectivity index (χ0) is 26.8. The quantitative estimate of drug-likeness (QED) is 0.289. The fraction of sp³-hybridized carbons (Fsp3) is 0.500. The molecule has 1 aliphatic heterocycles. The molecule has 36 heavy (non-hydrogen) atoms. The molecule has 0 spiro atoms. The number of ether oxygens (including phenoxy) is 1. The number of hydrogen-bond acceptors (Lipinski definition) is 8. The number of fused-ring (bicyclic) bond motifs is 1. The molecular weight excluding hydrogens is 501 g/mol. The first-order valence-electron chi connectivity index (χ1n) is 11.8. The summed E-state index contributed by atoms with van der Waals surface area (Å²) in [7, 11) is 0. The van der Waals surface area contributed by atoms with Gasteiger partial charge < -0.3 is 14.6 Å². The highest BCUT2D eigenvalue weighted by molar-refractivity contribution is 7.90. The Morgan fingerprint density at radius 3 is 2.61 bits per heavy atom. The Balaban J connectivity index is 1.97. The zero-order valence-electron chi connectivity index (χ0n) is 21.7. The van der Waals surface area contributed by atoms with Gasteiger partial charge in [0.1, 0.15) is 16.2 Å². The number of thiazole rings is 1. The van der Waals surface area contributed by atoms with E-state index in [0.29, 0.717) is 29.9 Å². The number of allylic oxidation sites excluding steroid dienone is 1. The number of hydrogen-bond donors (Lipinski definition) is 2. The molecule has 0 saturated carbocycles. The third-order valence-corrected chi connectivity index (χ3v) is 7.90. The summed E-state index contributed by atoms with van der Waals surface area (Å²) in [6.45, 7) is 13.2.